The van der Waals surface area contributed by atoms with E-state index in [0.717, 1.165) is 16.7 Å². The van der Waals surface area contributed by atoms with Gasteiger partial charge in [-0.15, -0.1) is 0 Å². The second-order valence-electron chi connectivity index (χ2n) is 6.06. The van der Waals surface area contributed by atoms with Crippen molar-refractivity contribution in [3.05, 3.63) is 71.3 Å². The Balaban J connectivity index is 1.83. The molecule has 25 heavy (non-hydrogen) atoms. The fourth-order valence-corrected chi connectivity index (χ4v) is 3.15. The summed E-state index contributed by atoms with van der Waals surface area (Å²) in [5, 5.41) is 2.96. The number of ether oxygens (including phenoxy) is 1. The lowest BCUT2D eigenvalue weighted by molar-refractivity contribution is -0.142. The molecule has 0 aliphatic carbocycles. The SMILES string of the molecule is COCCN1C(=O)Cc2ccccc2[C@@H]1C(=O)NCc1ccccc1. The van der Waals surface area contributed by atoms with Gasteiger partial charge in [-0.2, -0.15) is 0 Å². The van der Waals surface area contributed by atoms with Crippen LogP contribution in [0.25, 0.3) is 0 Å². The maximum Gasteiger partial charge on any atom is 0.247 e. The third-order valence-electron chi connectivity index (χ3n) is 4.42. The zero-order valence-corrected chi connectivity index (χ0v) is 14.3. The number of nitrogens with zero attached hydrogens (tertiary/aromatic N) is 1. The number of fused-ring (bicyclic) bond motifs is 1. The Morgan fingerprint density at radius 1 is 1.16 bits per heavy atom. The molecule has 2 amide bonds. The highest BCUT2D eigenvalue weighted by atomic mass is 16.5. The first kappa shape index (κ1) is 17.2. The maximum absolute atomic E-state index is 12.9. The van der Waals surface area contributed by atoms with Crippen molar-refractivity contribution in [2.75, 3.05) is 20.3 Å². The van der Waals surface area contributed by atoms with Crippen LogP contribution in [0.15, 0.2) is 54.6 Å². The van der Waals surface area contributed by atoms with E-state index in [-0.39, 0.29) is 11.8 Å². The van der Waals surface area contributed by atoms with Crippen molar-refractivity contribution in [3.8, 4) is 0 Å². The molecule has 0 saturated carbocycles. The van der Waals surface area contributed by atoms with Crippen molar-refractivity contribution in [2.45, 2.75) is 19.0 Å². The van der Waals surface area contributed by atoms with Gasteiger partial charge in [0.25, 0.3) is 0 Å². The minimum absolute atomic E-state index is 0.0457. The van der Waals surface area contributed by atoms with E-state index in [1.54, 1.807) is 12.0 Å². The third-order valence-corrected chi connectivity index (χ3v) is 4.42. The van der Waals surface area contributed by atoms with E-state index in [1.165, 1.54) is 0 Å². The molecule has 0 aromatic heterocycles. The van der Waals surface area contributed by atoms with E-state index in [4.69, 9.17) is 4.74 Å². The van der Waals surface area contributed by atoms with Gasteiger partial charge >= 0.3 is 0 Å². The fourth-order valence-electron chi connectivity index (χ4n) is 3.15. The summed E-state index contributed by atoms with van der Waals surface area (Å²) in [6, 6.07) is 16.8. The smallest absolute Gasteiger partial charge is 0.247 e. The first-order chi connectivity index (χ1) is 12.2. The summed E-state index contributed by atoms with van der Waals surface area (Å²) in [5.74, 6) is -0.212. The molecule has 2 aromatic rings. The molecule has 5 heteroatoms. The zero-order valence-electron chi connectivity index (χ0n) is 14.3. The molecule has 1 atom stereocenters. The molecular weight excluding hydrogens is 316 g/mol. The van der Waals surface area contributed by atoms with Gasteiger partial charge in [0.2, 0.25) is 11.8 Å². The molecule has 0 spiro atoms. The number of nitrogens with one attached hydrogen (secondary N) is 1. The van der Waals surface area contributed by atoms with E-state index in [0.29, 0.717) is 26.1 Å². The van der Waals surface area contributed by atoms with Gasteiger partial charge in [-0.3, -0.25) is 9.59 Å². The van der Waals surface area contributed by atoms with Crippen molar-refractivity contribution in [1.29, 1.82) is 0 Å². The summed E-state index contributed by atoms with van der Waals surface area (Å²) >= 11 is 0. The standard InChI is InChI=1S/C20H22N2O3/c1-25-12-11-22-18(23)13-16-9-5-6-10-17(16)19(22)20(24)21-14-15-7-3-2-4-8-15/h2-10,19H,11-14H2,1H3,(H,21,24)/t19-/m1/s1. The van der Waals surface area contributed by atoms with Crippen LogP contribution >= 0.6 is 0 Å². The highest BCUT2D eigenvalue weighted by Crippen LogP contribution is 2.30. The molecule has 0 radical (unpaired) electrons. The predicted octanol–water partition coefficient (Wildman–Crippen LogP) is 2.08. The molecular formula is C20H22N2O3. The van der Waals surface area contributed by atoms with E-state index >= 15 is 0 Å². The Bertz CT molecular complexity index is 746. The normalized spacial score (nSPS) is 16.4. The van der Waals surface area contributed by atoms with Crippen LogP contribution in [0.3, 0.4) is 0 Å². The number of methoxy groups -OCH3 is 1. The lowest BCUT2D eigenvalue weighted by Gasteiger charge is -2.36. The first-order valence-corrected chi connectivity index (χ1v) is 8.38. The van der Waals surface area contributed by atoms with Gasteiger partial charge in [0.05, 0.1) is 13.0 Å². The van der Waals surface area contributed by atoms with Crippen LogP contribution < -0.4 is 5.32 Å². The van der Waals surface area contributed by atoms with Gasteiger partial charge in [0.1, 0.15) is 6.04 Å². The van der Waals surface area contributed by atoms with Crippen molar-refractivity contribution in [2.24, 2.45) is 0 Å². The average molecular weight is 338 g/mol. The molecule has 0 unspecified atom stereocenters. The molecule has 0 bridgehead atoms. The molecule has 5 nitrogen and oxygen atoms in total. The Labute approximate surface area is 147 Å². The number of amides is 2. The van der Waals surface area contributed by atoms with Crippen LogP contribution in [0.1, 0.15) is 22.7 Å². The number of carbonyl (C=O) groups excluding carboxylic acids is 2. The Morgan fingerprint density at radius 2 is 1.88 bits per heavy atom. The van der Waals surface area contributed by atoms with Crippen LogP contribution in [-0.4, -0.2) is 37.0 Å². The monoisotopic (exact) mass is 338 g/mol. The molecule has 1 aliphatic rings. The van der Waals surface area contributed by atoms with Crippen LogP contribution in [0, 0.1) is 0 Å². The van der Waals surface area contributed by atoms with E-state index in [9.17, 15) is 9.59 Å². The number of hydrogen-bond donors (Lipinski definition) is 1. The fraction of sp³-hybridized carbons (Fsp3) is 0.300. The number of hydrogen-bond acceptors (Lipinski definition) is 3. The highest BCUT2D eigenvalue weighted by Gasteiger charge is 2.36. The van der Waals surface area contributed by atoms with E-state index in [1.807, 2.05) is 54.6 Å². The molecule has 3 rings (SSSR count). The second kappa shape index (κ2) is 7.94. The van der Waals surface area contributed by atoms with Crippen molar-refractivity contribution < 1.29 is 14.3 Å². The molecule has 130 valence electrons. The van der Waals surface area contributed by atoms with Crippen molar-refractivity contribution >= 4 is 11.8 Å². The maximum atomic E-state index is 12.9. The van der Waals surface area contributed by atoms with Gasteiger partial charge in [0.15, 0.2) is 0 Å². The van der Waals surface area contributed by atoms with Crippen molar-refractivity contribution in [3.63, 3.8) is 0 Å². The lowest BCUT2D eigenvalue weighted by atomic mass is 9.91. The van der Waals surface area contributed by atoms with E-state index in [2.05, 4.69) is 5.32 Å². The van der Waals surface area contributed by atoms with Gasteiger partial charge < -0.3 is 15.0 Å². The number of benzene rings is 2. The van der Waals surface area contributed by atoms with Gasteiger partial charge in [-0.25, -0.2) is 0 Å². The minimum atomic E-state index is -0.615. The predicted molar refractivity (Wildman–Crippen MR) is 94.8 cm³/mol. The second-order valence-corrected chi connectivity index (χ2v) is 6.06. The summed E-state index contributed by atoms with van der Waals surface area (Å²) in [7, 11) is 1.59. The topological polar surface area (TPSA) is 58.6 Å². The molecule has 0 saturated heterocycles. The van der Waals surface area contributed by atoms with Crippen LogP contribution in [-0.2, 0) is 27.3 Å². The Kier molecular flexibility index (Phi) is 5.46. The number of carbonyl (C=O) groups is 2. The molecule has 1 N–H and O–H groups in total. The van der Waals surface area contributed by atoms with Crippen LogP contribution in [0.2, 0.25) is 0 Å². The average Bonchev–Trinajstić information content (AvgIpc) is 2.65. The van der Waals surface area contributed by atoms with Crippen LogP contribution in [0.4, 0.5) is 0 Å². The first-order valence-electron chi connectivity index (χ1n) is 8.38. The Morgan fingerprint density at radius 3 is 2.64 bits per heavy atom. The summed E-state index contributed by atoms with van der Waals surface area (Å²) in [4.78, 5) is 27.1. The Hall–Kier alpha value is -2.66. The summed E-state index contributed by atoms with van der Waals surface area (Å²) in [6.07, 6.45) is 0.322. The molecule has 0 fully saturated rings. The van der Waals surface area contributed by atoms with Gasteiger partial charge in [0, 0.05) is 20.2 Å². The number of rotatable bonds is 6. The summed E-state index contributed by atoms with van der Waals surface area (Å²) < 4.78 is 5.11. The summed E-state index contributed by atoms with van der Waals surface area (Å²) in [6.45, 7) is 1.23. The molecule has 2 aromatic carbocycles. The third kappa shape index (κ3) is 3.88. The van der Waals surface area contributed by atoms with Gasteiger partial charge in [-0.05, 0) is 16.7 Å². The largest absolute Gasteiger partial charge is 0.383 e. The minimum Gasteiger partial charge on any atom is -0.383 e. The van der Waals surface area contributed by atoms with Crippen LogP contribution in [0.5, 0.6) is 0 Å². The highest BCUT2D eigenvalue weighted by molar-refractivity contribution is 5.92. The zero-order chi connectivity index (χ0) is 17.6. The van der Waals surface area contributed by atoms with E-state index < -0.39 is 6.04 Å². The van der Waals surface area contributed by atoms with Gasteiger partial charge in [-0.1, -0.05) is 54.6 Å². The summed E-state index contributed by atoms with van der Waals surface area (Å²) in [5.41, 5.74) is 2.83. The lowest BCUT2D eigenvalue weighted by Crippen LogP contribution is -2.48. The quantitative estimate of drug-likeness (QED) is 0.877. The molecule has 1 heterocycles. The van der Waals surface area contributed by atoms with Crippen molar-refractivity contribution in [1.82, 2.24) is 10.2 Å². The molecule has 1 aliphatic heterocycles.